The van der Waals surface area contributed by atoms with Crippen molar-refractivity contribution < 1.29 is 4.42 Å². The van der Waals surface area contributed by atoms with Gasteiger partial charge in [-0.2, -0.15) is 0 Å². The van der Waals surface area contributed by atoms with E-state index in [0.717, 1.165) is 96.1 Å². The topological polar surface area (TPSA) is 51.8 Å². The van der Waals surface area contributed by atoms with Crippen molar-refractivity contribution in [3.05, 3.63) is 193 Å². The van der Waals surface area contributed by atoms with Gasteiger partial charge in [0.25, 0.3) is 0 Å². The zero-order chi connectivity index (χ0) is 38.9. The average molecular weight is 754 g/mol. The van der Waals surface area contributed by atoms with Crippen LogP contribution < -0.4 is 0 Å². The molecule has 0 radical (unpaired) electrons. The molecule has 0 saturated carbocycles. The van der Waals surface area contributed by atoms with Gasteiger partial charge in [-0.1, -0.05) is 158 Å². The predicted octanol–water partition coefficient (Wildman–Crippen LogP) is 14.5. The van der Waals surface area contributed by atoms with Crippen molar-refractivity contribution in [2.75, 3.05) is 0 Å². The molecule has 0 aliphatic heterocycles. The summed E-state index contributed by atoms with van der Waals surface area (Å²) in [6.07, 6.45) is 6.69. The molecule has 0 spiro atoms. The van der Waals surface area contributed by atoms with Crippen LogP contribution in [0, 0.1) is 0 Å². The number of rotatable bonds is 5. The molecule has 11 aromatic rings. The Morgan fingerprint density at radius 2 is 1.03 bits per heavy atom. The fourth-order valence-electron chi connectivity index (χ4n) is 9.08. The first-order chi connectivity index (χ1) is 29.2. The first-order valence-corrected chi connectivity index (χ1v) is 20.2. The summed E-state index contributed by atoms with van der Waals surface area (Å²) in [5, 5.41) is 8.29. The van der Waals surface area contributed by atoms with Gasteiger partial charge < -0.3 is 4.42 Å². The fourth-order valence-corrected chi connectivity index (χ4v) is 9.08. The number of pyridine rings is 1. The molecule has 3 heterocycles. The zero-order valence-electron chi connectivity index (χ0n) is 32.1. The van der Waals surface area contributed by atoms with Crippen LogP contribution in [0.25, 0.3) is 117 Å². The summed E-state index contributed by atoms with van der Waals surface area (Å²) in [4.78, 5) is 15.5. The number of para-hydroxylation sites is 1. The van der Waals surface area contributed by atoms with Crippen LogP contribution in [0.3, 0.4) is 0 Å². The molecule has 0 saturated heterocycles. The highest BCUT2D eigenvalue weighted by atomic mass is 16.3. The van der Waals surface area contributed by atoms with Crippen molar-refractivity contribution in [3.63, 3.8) is 0 Å². The summed E-state index contributed by atoms with van der Waals surface area (Å²) < 4.78 is 6.76. The normalized spacial score (nSPS) is 12.5. The van der Waals surface area contributed by atoms with Crippen LogP contribution in [-0.4, -0.2) is 15.0 Å². The lowest BCUT2D eigenvalue weighted by molar-refractivity contribution is 0.672. The second kappa shape index (κ2) is 13.5. The van der Waals surface area contributed by atoms with E-state index in [4.69, 9.17) is 19.4 Å². The Morgan fingerprint density at radius 1 is 0.424 bits per heavy atom. The van der Waals surface area contributed by atoms with Gasteiger partial charge in [0.15, 0.2) is 5.82 Å². The van der Waals surface area contributed by atoms with Gasteiger partial charge in [-0.15, -0.1) is 0 Å². The quantitative estimate of drug-likeness (QED) is 0.164. The molecule has 0 amide bonds. The molecular weight excluding hydrogens is 719 g/mol. The van der Waals surface area contributed by atoms with Gasteiger partial charge in [0, 0.05) is 33.0 Å². The van der Waals surface area contributed by atoms with Gasteiger partial charge in [-0.25, -0.2) is 15.0 Å². The summed E-state index contributed by atoms with van der Waals surface area (Å²) >= 11 is 0. The minimum atomic E-state index is 0.690. The summed E-state index contributed by atoms with van der Waals surface area (Å²) in [6, 6.07) is 61.8. The van der Waals surface area contributed by atoms with Crippen LogP contribution in [0.1, 0.15) is 17.5 Å². The second-order valence-electron chi connectivity index (χ2n) is 15.4. The molecule has 4 heteroatoms. The third-order valence-corrected chi connectivity index (χ3v) is 11.9. The molecule has 0 N–H and O–H groups in total. The molecule has 1 aliphatic rings. The van der Waals surface area contributed by atoms with E-state index in [1.807, 2.05) is 42.5 Å². The summed E-state index contributed by atoms with van der Waals surface area (Å²) in [6.45, 7) is 0. The number of aromatic nitrogens is 3. The van der Waals surface area contributed by atoms with Crippen molar-refractivity contribution in [2.45, 2.75) is 12.8 Å². The first kappa shape index (κ1) is 33.4. The van der Waals surface area contributed by atoms with Crippen LogP contribution >= 0.6 is 0 Å². The SMILES string of the molecule is C1=Cc2c(c3cc(-c4nc5ccc(-c6ccc(-c7nc(-c8ccccc8)cc(-c8ccccc8)n7)cc6)cc5c5oc6ccccc6c45)ccc3c3ccccc23)CC1. The van der Waals surface area contributed by atoms with E-state index in [9.17, 15) is 0 Å². The number of furan rings is 1. The maximum Gasteiger partial charge on any atom is 0.160 e. The van der Waals surface area contributed by atoms with E-state index < -0.39 is 0 Å². The highest BCUT2D eigenvalue weighted by molar-refractivity contribution is 6.20. The Bertz CT molecular complexity index is 3420. The second-order valence-corrected chi connectivity index (χ2v) is 15.4. The van der Waals surface area contributed by atoms with Crippen LogP contribution in [0.2, 0.25) is 0 Å². The van der Waals surface area contributed by atoms with Crippen molar-refractivity contribution >= 4 is 60.5 Å². The van der Waals surface area contributed by atoms with E-state index in [-0.39, 0.29) is 0 Å². The van der Waals surface area contributed by atoms with Crippen molar-refractivity contribution in [2.24, 2.45) is 0 Å². The van der Waals surface area contributed by atoms with Gasteiger partial charge >= 0.3 is 0 Å². The number of hydrogen-bond acceptors (Lipinski definition) is 4. The molecule has 0 unspecified atom stereocenters. The molecular formula is C55H35N3O. The largest absolute Gasteiger partial charge is 0.455 e. The number of allylic oxidation sites excluding steroid dienone is 1. The molecule has 0 fully saturated rings. The van der Waals surface area contributed by atoms with E-state index in [2.05, 4.69) is 146 Å². The minimum Gasteiger partial charge on any atom is -0.455 e. The highest BCUT2D eigenvalue weighted by Crippen LogP contribution is 2.43. The van der Waals surface area contributed by atoms with E-state index in [1.54, 1.807) is 0 Å². The standard InChI is InChI=1S/C55H35N3O/c1-3-13-35(14-4-1)49-33-50(36-15-5-2-6-16-36)58-55(57-49)37-25-23-34(24-26-37)38-28-30-48-47(31-38)54-52(45-21-11-12-22-51(45)59-54)53(56-48)39-27-29-44-42-19-8-7-17-40(42)41-18-9-10-20-43(41)46(44)32-39/h1-9,11-19,21-33H,10,20H2. The lowest BCUT2D eigenvalue weighted by Crippen LogP contribution is -1.98. The van der Waals surface area contributed by atoms with Gasteiger partial charge in [-0.05, 0) is 87.0 Å². The number of hydrogen-bond donors (Lipinski definition) is 0. The summed E-state index contributed by atoms with van der Waals surface area (Å²) in [7, 11) is 0. The molecule has 0 bridgehead atoms. The third kappa shape index (κ3) is 5.56. The zero-order valence-corrected chi connectivity index (χ0v) is 32.1. The first-order valence-electron chi connectivity index (χ1n) is 20.2. The smallest absolute Gasteiger partial charge is 0.160 e. The van der Waals surface area contributed by atoms with Crippen molar-refractivity contribution in [3.8, 4) is 56.3 Å². The average Bonchev–Trinajstić information content (AvgIpc) is 3.72. The maximum absolute atomic E-state index is 6.76. The summed E-state index contributed by atoms with van der Waals surface area (Å²) in [5.74, 6) is 0.690. The van der Waals surface area contributed by atoms with E-state index >= 15 is 0 Å². The number of nitrogens with zero attached hydrogens (tertiary/aromatic N) is 3. The Hall–Kier alpha value is -7.69. The fraction of sp³-hybridized carbons (Fsp3) is 0.0364. The lowest BCUT2D eigenvalue weighted by atomic mass is 9.86. The van der Waals surface area contributed by atoms with Gasteiger partial charge in [0.05, 0.1) is 28.0 Å². The van der Waals surface area contributed by atoms with E-state index in [0.29, 0.717) is 5.82 Å². The molecule has 276 valence electrons. The van der Waals surface area contributed by atoms with Crippen molar-refractivity contribution in [1.82, 2.24) is 15.0 Å². The number of aryl methyl sites for hydroxylation is 1. The monoisotopic (exact) mass is 753 g/mol. The molecule has 59 heavy (non-hydrogen) atoms. The molecule has 3 aromatic heterocycles. The summed E-state index contributed by atoms with van der Waals surface area (Å²) in [5.41, 5.74) is 14.4. The Labute approximate surface area is 340 Å². The number of benzene rings is 8. The Morgan fingerprint density at radius 3 is 1.80 bits per heavy atom. The maximum atomic E-state index is 6.76. The van der Waals surface area contributed by atoms with Gasteiger partial charge in [-0.3, -0.25) is 0 Å². The molecule has 0 atom stereocenters. The van der Waals surface area contributed by atoms with Crippen LogP contribution in [-0.2, 0) is 6.42 Å². The molecule has 1 aliphatic carbocycles. The molecule has 12 rings (SSSR count). The highest BCUT2D eigenvalue weighted by Gasteiger charge is 2.21. The Balaban J connectivity index is 0.983. The lowest BCUT2D eigenvalue weighted by Gasteiger charge is -2.18. The molecule has 8 aromatic carbocycles. The third-order valence-electron chi connectivity index (χ3n) is 11.9. The van der Waals surface area contributed by atoms with Gasteiger partial charge in [0.2, 0.25) is 0 Å². The number of fused-ring (bicyclic) bond motifs is 11. The van der Waals surface area contributed by atoms with Gasteiger partial charge in [0.1, 0.15) is 11.2 Å². The molecule has 4 nitrogen and oxygen atoms in total. The minimum absolute atomic E-state index is 0.690. The predicted molar refractivity (Wildman–Crippen MR) is 244 cm³/mol. The van der Waals surface area contributed by atoms with Crippen LogP contribution in [0.4, 0.5) is 0 Å². The Kier molecular flexibility index (Phi) is 7.63. The van der Waals surface area contributed by atoms with E-state index in [1.165, 1.54) is 32.7 Å². The van der Waals surface area contributed by atoms with Crippen LogP contribution in [0.15, 0.2) is 186 Å². The van der Waals surface area contributed by atoms with Crippen LogP contribution in [0.5, 0.6) is 0 Å². The van der Waals surface area contributed by atoms with Crippen molar-refractivity contribution in [1.29, 1.82) is 0 Å².